The highest BCUT2D eigenvalue weighted by Gasteiger charge is 2.02. The van der Waals surface area contributed by atoms with Crippen LogP contribution in [0.3, 0.4) is 0 Å². The summed E-state index contributed by atoms with van der Waals surface area (Å²) in [5.74, 6) is -0.653. The molecule has 0 aromatic heterocycles. The van der Waals surface area contributed by atoms with Crippen molar-refractivity contribution in [3.63, 3.8) is 0 Å². The van der Waals surface area contributed by atoms with E-state index in [1.165, 1.54) is 24.3 Å². The number of phenols is 1. The van der Waals surface area contributed by atoms with Crippen LogP contribution < -0.4 is 10.6 Å². The summed E-state index contributed by atoms with van der Waals surface area (Å²) >= 11 is 0. The first-order chi connectivity index (χ1) is 11.6. The summed E-state index contributed by atoms with van der Waals surface area (Å²) < 4.78 is 26.2. The van der Waals surface area contributed by atoms with Crippen molar-refractivity contribution in [1.29, 1.82) is 0 Å². The first-order valence-corrected chi connectivity index (χ1v) is 7.82. The van der Waals surface area contributed by atoms with Crippen LogP contribution in [0.4, 0.5) is 8.78 Å². The molecule has 0 spiro atoms. The third-order valence-electron chi connectivity index (χ3n) is 3.40. The van der Waals surface area contributed by atoms with Crippen molar-refractivity contribution >= 4 is 5.96 Å². The highest BCUT2D eigenvalue weighted by atomic mass is 19.1. The Morgan fingerprint density at radius 3 is 2.42 bits per heavy atom. The zero-order chi connectivity index (χ0) is 17.4. The van der Waals surface area contributed by atoms with Crippen LogP contribution in [0.5, 0.6) is 5.75 Å². The minimum absolute atomic E-state index is 0.247. The molecule has 0 aliphatic rings. The van der Waals surface area contributed by atoms with Crippen LogP contribution in [0, 0.1) is 11.6 Å². The number of nitrogens with one attached hydrogen (secondary N) is 2. The van der Waals surface area contributed by atoms with Crippen molar-refractivity contribution in [3.8, 4) is 5.75 Å². The van der Waals surface area contributed by atoms with E-state index in [0.717, 1.165) is 12.0 Å². The molecule has 0 aliphatic carbocycles. The van der Waals surface area contributed by atoms with Crippen molar-refractivity contribution in [1.82, 2.24) is 10.6 Å². The van der Waals surface area contributed by atoms with E-state index in [2.05, 4.69) is 15.6 Å². The van der Waals surface area contributed by atoms with E-state index in [4.69, 9.17) is 0 Å². The van der Waals surface area contributed by atoms with Gasteiger partial charge in [0.1, 0.15) is 5.82 Å². The van der Waals surface area contributed by atoms with Gasteiger partial charge >= 0.3 is 0 Å². The number of nitrogens with zero attached hydrogens (tertiary/aromatic N) is 1. The number of benzene rings is 2. The Balaban J connectivity index is 1.90. The van der Waals surface area contributed by atoms with Crippen LogP contribution in [0.1, 0.15) is 18.1 Å². The monoisotopic (exact) mass is 333 g/mol. The molecule has 3 N–H and O–H groups in total. The lowest BCUT2D eigenvalue weighted by atomic mass is 10.1. The second-order valence-electron chi connectivity index (χ2n) is 5.28. The quantitative estimate of drug-likeness (QED) is 0.563. The molecule has 0 unspecified atom stereocenters. The van der Waals surface area contributed by atoms with Gasteiger partial charge in [-0.15, -0.1) is 0 Å². The first-order valence-electron chi connectivity index (χ1n) is 7.82. The van der Waals surface area contributed by atoms with Gasteiger partial charge < -0.3 is 15.7 Å². The zero-order valence-corrected chi connectivity index (χ0v) is 13.5. The van der Waals surface area contributed by atoms with E-state index in [9.17, 15) is 13.9 Å². The number of hydrogen-bond acceptors (Lipinski definition) is 2. The van der Waals surface area contributed by atoms with Gasteiger partial charge in [0.15, 0.2) is 17.5 Å². The van der Waals surface area contributed by atoms with Crippen molar-refractivity contribution in [2.75, 3.05) is 13.1 Å². The molecule has 0 bridgehead atoms. The molecule has 2 rings (SSSR count). The van der Waals surface area contributed by atoms with Gasteiger partial charge in [0.25, 0.3) is 0 Å². The molecule has 0 amide bonds. The number of hydrogen-bond donors (Lipinski definition) is 3. The molecule has 6 heteroatoms. The molecular weight excluding hydrogens is 312 g/mol. The normalized spacial score (nSPS) is 11.4. The lowest BCUT2D eigenvalue weighted by molar-refractivity contribution is 0.432. The van der Waals surface area contributed by atoms with Crippen molar-refractivity contribution in [2.45, 2.75) is 19.9 Å². The summed E-state index contributed by atoms with van der Waals surface area (Å²) in [6, 6.07) is 10.6. The van der Waals surface area contributed by atoms with E-state index in [1.807, 2.05) is 6.92 Å². The molecule has 0 aliphatic heterocycles. The summed E-state index contributed by atoms with van der Waals surface area (Å²) in [5.41, 5.74) is 1.70. The van der Waals surface area contributed by atoms with Crippen molar-refractivity contribution < 1.29 is 13.9 Å². The molecule has 2 aromatic carbocycles. The Kier molecular flexibility index (Phi) is 6.54. The Morgan fingerprint density at radius 1 is 1.04 bits per heavy atom. The first kappa shape index (κ1) is 17.7. The van der Waals surface area contributed by atoms with Crippen LogP contribution >= 0.6 is 0 Å². The van der Waals surface area contributed by atoms with E-state index in [0.29, 0.717) is 31.2 Å². The molecule has 0 radical (unpaired) electrons. The Bertz CT molecular complexity index is 687. The van der Waals surface area contributed by atoms with Crippen molar-refractivity contribution in [3.05, 3.63) is 65.2 Å². The average molecular weight is 333 g/mol. The Hall–Kier alpha value is -2.63. The van der Waals surface area contributed by atoms with Gasteiger partial charge in [-0.1, -0.05) is 18.2 Å². The van der Waals surface area contributed by atoms with Gasteiger partial charge in [-0.3, -0.25) is 0 Å². The van der Waals surface area contributed by atoms with Gasteiger partial charge in [0, 0.05) is 13.1 Å². The maximum atomic E-state index is 13.3. The van der Waals surface area contributed by atoms with Gasteiger partial charge in [0.2, 0.25) is 0 Å². The topological polar surface area (TPSA) is 56.7 Å². The minimum Gasteiger partial charge on any atom is -0.505 e. The van der Waals surface area contributed by atoms with Gasteiger partial charge in [-0.05, 0) is 48.7 Å². The zero-order valence-electron chi connectivity index (χ0n) is 13.5. The summed E-state index contributed by atoms with van der Waals surface area (Å²) in [6.07, 6.45) is 0.735. The number of halogens is 2. The fourth-order valence-electron chi connectivity index (χ4n) is 2.14. The standard InChI is InChI=1S/C18H21F2N3O/c1-2-21-18(22-10-9-13-3-6-15(19)7-4-13)23-12-14-5-8-17(24)16(20)11-14/h3-8,11,24H,2,9-10,12H2,1H3,(H2,21,22,23). The smallest absolute Gasteiger partial charge is 0.191 e. The average Bonchev–Trinajstić information content (AvgIpc) is 2.57. The highest BCUT2D eigenvalue weighted by molar-refractivity contribution is 5.79. The lowest BCUT2D eigenvalue weighted by Crippen LogP contribution is -2.38. The number of rotatable bonds is 6. The minimum atomic E-state index is -0.656. The largest absolute Gasteiger partial charge is 0.505 e. The summed E-state index contributed by atoms with van der Waals surface area (Å²) in [6.45, 7) is 3.59. The molecule has 2 aromatic rings. The van der Waals surface area contributed by atoms with Gasteiger partial charge in [-0.25, -0.2) is 13.8 Å². The van der Waals surface area contributed by atoms with Crippen LogP contribution in [0.25, 0.3) is 0 Å². The highest BCUT2D eigenvalue weighted by Crippen LogP contribution is 2.16. The summed E-state index contributed by atoms with van der Waals surface area (Å²) in [4.78, 5) is 4.39. The maximum absolute atomic E-state index is 13.3. The molecule has 0 saturated heterocycles. The fourth-order valence-corrected chi connectivity index (χ4v) is 2.14. The van der Waals surface area contributed by atoms with Gasteiger partial charge in [0.05, 0.1) is 6.54 Å². The van der Waals surface area contributed by atoms with Gasteiger partial charge in [-0.2, -0.15) is 0 Å². The maximum Gasteiger partial charge on any atom is 0.191 e. The predicted octanol–water partition coefficient (Wildman–Crippen LogP) is 2.97. The van der Waals surface area contributed by atoms with Crippen molar-refractivity contribution in [2.24, 2.45) is 4.99 Å². The van der Waals surface area contributed by atoms with E-state index >= 15 is 0 Å². The van der Waals surface area contributed by atoms with Crippen LogP contribution in [0.15, 0.2) is 47.5 Å². The van der Waals surface area contributed by atoms with E-state index < -0.39 is 5.82 Å². The molecule has 24 heavy (non-hydrogen) atoms. The molecule has 0 atom stereocenters. The van der Waals surface area contributed by atoms with E-state index in [1.54, 1.807) is 18.2 Å². The molecule has 0 fully saturated rings. The molecule has 0 saturated carbocycles. The van der Waals surface area contributed by atoms with Crippen LogP contribution in [0.2, 0.25) is 0 Å². The number of aliphatic imine (C=N–C) groups is 1. The predicted molar refractivity (Wildman–Crippen MR) is 91.0 cm³/mol. The second kappa shape index (κ2) is 8.86. The summed E-state index contributed by atoms with van der Waals surface area (Å²) in [5, 5.41) is 15.5. The third kappa shape index (κ3) is 5.53. The SMILES string of the molecule is CCNC(=NCc1ccc(O)c(F)c1)NCCc1ccc(F)cc1. The second-order valence-corrected chi connectivity index (χ2v) is 5.28. The Morgan fingerprint density at radius 2 is 1.75 bits per heavy atom. The molecule has 128 valence electrons. The molecule has 0 heterocycles. The lowest BCUT2D eigenvalue weighted by Gasteiger charge is -2.11. The van der Waals surface area contributed by atoms with Crippen LogP contribution in [-0.4, -0.2) is 24.2 Å². The molecule has 4 nitrogen and oxygen atoms in total. The number of phenolic OH excluding ortho intramolecular Hbond substituents is 1. The molecular formula is C18H21F2N3O. The van der Waals surface area contributed by atoms with Crippen LogP contribution in [-0.2, 0) is 13.0 Å². The fraction of sp³-hybridized carbons (Fsp3) is 0.278. The number of aromatic hydroxyl groups is 1. The third-order valence-corrected chi connectivity index (χ3v) is 3.40. The Labute approximate surface area is 140 Å². The number of guanidine groups is 1. The summed E-state index contributed by atoms with van der Waals surface area (Å²) in [7, 11) is 0. The van der Waals surface area contributed by atoms with E-state index in [-0.39, 0.29) is 11.6 Å².